The van der Waals surface area contributed by atoms with Crippen molar-refractivity contribution < 1.29 is 0 Å². The lowest BCUT2D eigenvalue weighted by molar-refractivity contribution is 0.528. The van der Waals surface area contributed by atoms with E-state index in [0.717, 1.165) is 25.9 Å². The number of rotatable bonds is 7. The van der Waals surface area contributed by atoms with Crippen molar-refractivity contribution in [3.05, 3.63) is 48.0 Å². The van der Waals surface area contributed by atoms with E-state index in [1.54, 1.807) is 0 Å². The molecule has 0 saturated carbocycles. The second-order valence-electron chi connectivity index (χ2n) is 4.70. The molecule has 0 aliphatic rings. The normalized spacial score (nSPS) is 12.5. The molecule has 0 bridgehead atoms. The van der Waals surface area contributed by atoms with Gasteiger partial charge in [-0.25, -0.2) is 0 Å². The van der Waals surface area contributed by atoms with E-state index in [2.05, 4.69) is 47.6 Å². The van der Waals surface area contributed by atoms with Gasteiger partial charge in [-0.3, -0.25) is 9.67 Å². The van der Waals surface area contributed by atoms with Crippen LogP contribution in [0.5, 0.6) is 0 Å². The summed E-state index contributed by atoms with van der Waals surface area (Å²) in [5.74, 6) is 0. The Hall–Kier alpha value is -1.68. The Labute approximate surface area is 114 Å². The minimum absolute atomic E-state index is 0.322. The van der Waals surface area contributed by atoms with Crippen LogP contribution >= 0.6 is 0 Å². The molecule has 4 nitrogen and oxygen atoms in total. The number of hydrogen-bond donors (Lipinski definition) is 1. The van der Waals surface area contributed by atoms with E-state index >= 15 is 0 Å². The highest BCUT2D eigenvalue weighted by Gasteiger charge is 2.13. The fourth-order valence-corrected chi connectivity index (χ4v) is 2.11. The van der Waals surface area contributed by atoms with E-state index in [1.165, 1.54) is 11.1 Å². The lowest BCUT2D eigenvalue weighted by atomic mass is 10.0. The first-order valence-electron chi connectivity index (χ1n) is 6.98. The highest BCUT2D eigenvalue weighted by molar-refractivity contribution is 5.18. The average Bonchev–Trinajstić information content (AvgIpc) is 2.93. The Morgan fingerprint density at radius 1 is 1.26 bits per heavy atom. The molecule has 2 aromatic heterocycles. The van der Waals surface area contributed by atoms with Gasteiger partial charge in [0.1, 0.15) is 0 Å². The summed E-state index contributed by atoms with van der Waals surface area (Å²) in [5, 5.41) is 7.97. The van der Waals surface area contributed by atoms with Gasteiger partial charge in [0.2, 0.25) is 0 Å². The lowest BCUT2D eigenvalue weighted by Gasteiger charge is -2.17. The minimum Gasteiger partial charge on any atom is -0.310 e. The van der Waals surface area contributed by atoms with E-state index in [9.17, 15) is 0 Å². The van der Waals surface area contributed by atoms with Crippen LogP contribution in [0.15, 0.2) is 36.9 Å². The molecule has 0 aliphatic heterocycles. The molecule has 0 saturated heterocycles. The lowest BCUT2D eigenvalue weighted by Crippen LogP contribution is -2.23. The zero-order chi connectivity index (χ0) is 13.5. The number of aryl methyl sites for hydroxylation is 1. The molecule has 1 unspecified atom stereocenters. The molecule has 0 aromatic carbocycles. The Kier molecular flexibility index (Phi) is 5.10. The quantitative estimate of drug-likeness (QED) is 0.830. The van der Waals surface area contributed by atoms with E-state index in [0.29, 0.717) is 6.04 Å². The summed E-state index contributed by atoms with van der Waals surface area (Å²) in [5.41, 5.74) is 2.56. The summed E-state index contributed by atoms with van der Waals surface area (Å²) in [7, 11) is 0. The molecule has 0 amide bonds. The largest absolute Gasteiger partial charge is 0.310 e. The van der Waals surface area contributed by atoms with Gasteiger partial charge in [0.15, 0.2) is 0 Å². The van der Waals surface area contributed by atoms with Crippen LogP contribution in [-0.4, -0.2) is 21.3 Å². The average molecular weight is 258 g/mol. The van der Waals surface area contributed by atoms with Gasteiger partial charge in [-0.15, -0.1) is 0 Å². The standard InChI is InChI=1S/C15H22N4/c1-3-7-17-15(10-13-5-8-16-9-6-13)14-11-18-19(4-2)12-14/h5-6,8-9,11-12,15,17H,3-4,7,10H2,1-2H3. The van der Waals surface area contributed by atoms with Crippen LogP contribution in [0, 0.1) is 0 Å². The van der Waals surface area contributed by atoms with Crippen molar-refractivity contribution in [3.8, 4) is 0 Å². The molecule has 0 spiro atoms. The van der Waals surface area contributed by atoms with Crippen LogP contribution in [0.2, 0.25) is 0 Å². The molecule has 19 heavy (non-hydrogen) atoms. The fraction of sp³-hybridized carbons (Fsp3) is 0.467. The number of aromatic nitrogens is 3. The van der Waals surface area contributed by atoms with Crippen LogP contribution < -0.4 is 5.32 Å². The predicted molar refractivity (Wildman–Crippen MR) is 76.9 cm³/mol. The molecule has 2 aromatic rings. The maximum atomic E-state index is 4.37. The van der Waals surface area contributed by atoms with E-state index < -0.39 is 0 Å². The van der Waals surface area contributed by atoms with E-state index in [4.69, 9.17) is 0 Å². The Morgan fingerprint density at radius 2 is 2.05 bits per heavy atom. The highest BCUT2D eigenvalue weighted by atomic mass is 15.3. The predicted octanol–water partition coefficient (Wildman–Crippen LogP) is 2.58. The number of nitrogens with one attached hydrogen (secondary N) is 1. The van der Waals surface area contributed by atoms with Crippen molar-refractivity contribution in [2.75, 3.05) is 6.54 Å². The molecule has 0 aliphatic carbocycles. The maximum absolute atomic E-state index is 4.37. The summed E-state index contributed by atoms with van der Waals surface area (Å²) in [6.45, 7) is 6.23. The van der Waals surface area contributed by atoms with Crippen molar-refractivity contribution in [3.63, 3.8) is 0 Å². The molecule has 2 rings (SSSR count). The summed E-state index contributed by atoms with van der Waals surface area (Å²) in [6.07, 6.45) is 9.91. The second-order valence-corrected chi connectivity index (χ2v) is 4.70. The van der Waals surface area contributed by atoms with Crippen molar-refractivity contribution in [2.45, 2.75) is 39.3 Å². The van der Waals surface area contributed by atoms with Gasteiger partial charge in [-0.1, -0.05) is 6.92 Å². The molecule has 2 heterocycles. The zero-order valence-electron chi connectivity index (χ0n) is 11.7. The SMILES string of the molecule is CCCNC(Cc1ccncc1)c1cnn(CC)c1. The Balaban J connectivity index is 2.11. The number of nitrogens with zero attached hydrogens (tertiary/aromatic N) is 3. The first-order valence-corrected chi connectivity index (χ1v) is 6.98. The van der Waals surface area contributed by atoms with Crippen LogP contribution in [0.3, 0.4) is 0 Å². The molecular formula is C15H22N4. The molecule has 4 heteroatoms. The highest BCUT2D eigenvalue weighted by Crippen LogP contribution is 2.17. The number of hydrogen-bond acceptors (Lipinski definition) is 3. The molecule has 0 fully saturated rings. The minimum atomic E-state index is 0.322. The smallest absolute Gasteiger partial charge is 0.0537 e. The van der Waals surface area contributed by atoms with Crippen LogP contribution in [0.4, 0.5) is 0 Å². The van der Waals surface area contributed by atoms with Crippen LogP contribution in [0.25, 0.3) is 0 Å². The third-order valence-electron chi connectivity index (χ3n) is 3.21. The van der Waals surface area contributed by atoms with Crippen molar-refractivity contribution >= 4 is 0 Å². The third kappa shape index (κ3) is 3.89. The van der Waals surface area contributed by atoms with Crippen LogP contribution in [0.1, 0.15) is 37.4 Å². The Morgan fingerprint density at radius 3 is 2.68 bits per heavy atom. The summed E-state index contributed by atoms with van der Waals surface area (Å²) < 4.78 is 1.97. The van der Waals surface area contributed by atoms with Gasteiger partial charge in [-0.2, -0.15) is 5.10 Å². The van der Waals surface area contributed by atoms with Gasteiger partial charge in [-0.05, 0) is 44.0 Å². The molecular weight excluding hydrogens is 236 g/mol. The summed E-state index contributed by atoms with van der Waals surface area (Å²) in [4.78, 5) is 4.07. The zero-order valence-corrected chi connectivity index (χ0v) is 11.7. The van der Waals surface area contributed by atoms with Crippen LogP contribution in [-0.2, 0) is 13.0 Å². The van der Waals surface area contributed by atoms with E-state index in [1.807, 2.05) is 23.3 Å². The molecule has 1 N–H and O–H groups in total. The number of pyridine rings is 1. The molecule has 1 atom stereocenters. The second kappa shape index (κ2) is 7.04. The van der Waals surface area contributed by atoms with Gasteiger partial charge >= 0.3 is 0 Å². The van der Waals surface area contributed by atoms with Crippen molar-refractivity contribution in [2.24, 2.45) is 0 Å². The first kappa shape index (κ1) is 13.7. The summed E-state index contributed by atoms with van der Waals surface area (Å²) >= 11 is 0. The van der Waals surface area contributed by atoms with Gasteiger partial charge < -0.3 is 5.32 Å². The molecule has 102 valence electrons. The monoisotopic (exact) mass is 258 g/mol. The third-order valence-corrected chi connectivity index (χ3v) is 3.21. The first-order chi connectivity index (χ1) is 9.33. The van der Waals surface area contributed by atoms with Crippen molar-refractivity contribution in [1.29, 1.82) is 0 Å². The maximum Gasteiger partial charge on any atom is 0.0537 e. The Bertz CT molecular complexity index is 478. The van der Waals surface area contributed by atoms with E-state index in [-0.39, 0.29) is 0 Å². The fourth-order valence-electron chi connectivity index (χ4n) is 2.11. The summed E-state index contributed by atoms with van der Waals surface area (Å²) in [6, 6.07) is 4.47. The topological polar surface area (TPSA) is 42.7 Å². The van der Waals surface area contributed by atoms with Crippen molar-refractivity contribution in [1.82, 2.24) is 20.1 Å². The molecule has 0 radical (unpaired) electrons. The van der Waals surface area contributed by atoms with Gasteiger partial charge in [0.25, 0.3) is 0 Å². The van der Waals surface area contributed by atoms with Gasteiger partial charge in [0.05, 0.1) is 6.20 Å². The van der Waals surface area contributed by atoms with Gasteiger partial charge in [0, 0.05) is 36.7 Å².